The van der Waals surface area contributed by atoms with E-state index < -0.39 is 6.04 Å². The molecule has 1 aliphatic heterocycles. The summed E-state index contributed by atoms with van der Waals surface area (Å²) in [5.74, 6) is 0.498. The van der Waals surface area contributed by atoms with E-state index in [1.54, 1.807) is 16.6 Å². The van der Waals surface area contributed by atoms with Gasteiger partial charge in [0, 0.05) is 40.8 Å². The number of likely N-dealkylation sites (N-methyl/N-ethyl adjacent to an activating group) is 1. The maximum absolute atomic E-state index is 14.0. The third-order valence-electron chi connectivity index (χ3n) is 6.96. The van der Waals surface area contributed by atoms with Gasteiger partial charge in [-0.25, -0.2) is 4.99 Å². The number of carbonyl (C=O) groups is 1. The highest BCUT2D eigenvalue weighted by Crippen LogP contribution is 2.36. The monoisotopic (exact) mass is 514 g/mol. The van der Waals surface area contributed by atoms with Crippen LogP contribution in [0.1, 0.15) is 43.6 Å². The lowest BCUT2D eigenvalue weighted by Gasteiger charge is -2.29. The molecular formula is C29H30N4O3S. The molecular weight excluding hydrogens is 484 g/mol. The molecule has 1 amide bonds. The van der Waals surface area contributed by atoms with Crippen LogP contribution in [-0.4, -0.2) is 40.6 Å². The first-order valence-electron chi connectivity index (χ1n) is 12.4. The number of amides is 1. The molecule has 0 radical (unpaired) electrons. The number of aromatic nitrogens is 2. The molecule has 0 bridgehead atoms. The van der Waals surface area contributed by atoms with Gasteiger partial charge in [0.25, 0.3) is 11.5 Å². The summed E-state index contributed by atoms with van der Waals surface area (Å²) in [5.41, 5.74) is 4.67. The number of thiazole rings is 1. The average Bonchev–Trinajstić information content (AvgIpc) is 3.39. The lowest BCUT2D eigenvalue weighted by molar-refractivity contribution is -0.127. The molecule has 0 spiro atoms. The van der Waals surface area contributed by atoms with E-state index in [0.717, 1.165) is 27.7 Å². The molecule has 3 heterocycles. The second-order valence-electron chi connectivity index (χ2n) is 9.01. The SMILES string of the molecule is CCN(CC)C(=O)C1=C(C)N=c2s/c(=C/c3c(C)[nH]c4ccccc34)c(=O)n2[C@H]1c1ccccc1OC. The van der Waals surface area contributed by atoms with E-state index in [4.69, 9.17) is 9.73 Å². The summed E-state index contributed by atoms with van der Waals surface area (Å²) >= 11 is 1.34. The minimum absolute atomic E-state index is 0.121. The first-order chi connectivity index (χ1) is 17.9. The van der Waals surface area contributed by atoms with Crippen LogP contribution in [0.25, 0.3) is 17.0 Å². The number of aryl methyl sites for hydroxylation is 1. The van der Waals surface area contributed by atoms with E-state index in [-0.39, 0.29) is 11.5 Å². The van der Waals surface area contributed by atoms with Crippen molar-refractivity contribution in [2.75, 3.05) is 20.2 Å². The summed E-state index contributed by atoms with van der Waals surface area (Å²) in [4.78, 5) is 38.3. The van der Waals surface area contributed by atoms with Gasteiger partial charge in [0.2, 0.25) is 0 Å². The Bertz CT molecular complexity index is 1720. The van der Waals surface area contributed by atoms with Crippen molar-refractivity contribution in [3.63, 3.8) is 0 Å². The Labute approximate surface area is 219 Å². The maximum Gasteiger partial charge on any atom is 0.271 e. The van der Waals surface area contributed by atoms with Crippen molar-refractivity contribution in [3.8, 4) is 5.75 Å². The van der Waals surface area contributed by atoms with Gasteiger partial charge in [-0.3, -0.25) is 14.2 Å². The number of allylic oxidation sites excluding steroid dienone is 1. The van der Waals surface area contributed by atoms with Gasteiger partial charge in [0.1, 0.15) is 11.8 Å². The number of para-hydroxylation sites is 2. The van der Waals surface area contributed by atoms with Crippen molar-refractivity contribution in [3.05, 3.63) is 96.3 Å². The zero-order valence-corrected chi connectivity index (χ0v) is 22.5. The average molecular weight is 515 g/mol. The number of hydrogen-bond acceptors (Lipinski definition) is 5. The predicted octanol–water partition coefficient (Wildman–Crippen LogP) is 3.90. The van der Waals surface area contributed by atoms with Crippen LogP contribution < -0.4 is 19.6 Å². The van der Waals surface area contributed by atoms with Gasteiger partial charge in [0.15, 0.2) is 4.80 Å². The van der Waals surface area contributed by atoms with Gasteiger partial charge < -0.3 is 14.6 Å². The number of H-pyrrole nitrogens is 1. The normalized spacial score (nSPS) is 15.6. The molecule has 0 saturated heterocycles. The molecule has 0 aliphatic carbocycles. The lowest BCUT2D eigenvalue weighted by Crippen LogP contribution is -2.43. The molecule has 2 aromatic heterocycles. The molecule has 37 heavy (non-hydrogen) atoms. The number of methoxy groups -OCH3 is 1. The van der Waals surface area contributed by atoms with Crippen LogP contribution in [0.15, 0.2) is 69.6 Å². The van der Waals surface area contributed by atoms with Crippen LogP contribution in [0.3, 0.4) is 0 Å². The molecule has 190 valence electrons. The second-order valence-corrected chi connectivity index (χ2v) is 10.0. The number of aromatic amines is 1. The van der Waals surface area contributed by atoms with Gasteiger partial charge in [-0.05, 0) is 45.9 Å². The first-order valence-corrected chi connectivity index (χ1v) is 13.2. The predicted molar refractivity (Wildman–Crippen MR) is 148 cm³/mol. The maximum atomic E-state index is 14.0. The molecule has 0 unspecified atom stereocenters. The highest BCUT2D eigenvalue weighted by atomic mass is 32.1. The van der Waals surface area contributed by atoms with E-state index >= 15 is 0 Å². The highest BCUT2D eigenvalue weighted by Gasteiger charge is 2.35. The van der Waals surface area contributed by atoms with Gasteiger partial charge in [0.05, 0.1) is 22.9 Å². The summed E-state index contributed by atoms with van der Waals surface area (Å²) in [6.07, 6.45) is 1.93. The fraction of sp³-hybridized carbons (Fsp3) is 0.276. The number of nitrogens with one attached hydrogen (secondary N) is 1. The molecule has 0 saturated carbocycles. The van der Waals surface area contributed by atoms with Crippen LogP contribution in [0.5, 0.6) is 5.75 Å². The van der Waals surface area contributed by atoms with Crippen molar-refractivity contribution in [2.24, 2.45) is 4.99 Å². The molecule has 1 N–H and O–H groups in total. The van der Waals surface area contributed by atoms with Crippen molar-refractivity contribution in [1.82, 2.24) is 14.5 Å². The van der Waals surface area contributed by atoms with Crippen molar-refractivity contribution >= 4 is 34.2 Å². The second kappa shape index (κ2) is 9.86. The molecule has 7 nitrogen and oxygen atoms in total. The standard InChI is InChI=1S/C29H30N4O3S/c1-6-32(7-2)28(35)25-18(4)31-29-33(26(25)20-13-9-11-15-23(20)36-5)27(34)24(37-29)16-21-17(3)30-22-14-10-8-12-19(21)22/h8-16,26,30H,6-7H2,1-5H3/b24-16+/t26-/m0/s1. The van der Waals surface area contributed by atoms with E-state index in [1.807, 2.05) is 82.3 Å². The van der Waals surface area contributed by atoms with Gasteiger partial charge in [-0.2, -0.15) is 0 Å². The summed E-state index contributed by atoms with van der Waals surface area (Å²) in [6, 6.07) is 15.0. The Morgan fingerprint density at radius 3 is 2.57 bits per heavy atom. The first kappa shape index (κ1) is 24.8. The molecule has 5 rings (SSSR count). The Morgan fingerprint density at radius 2 is 1.84 bits per heavy atom. The third-order valence-corrected chi connectivity index (χ3v) is 7.94. The van der Waals surface area contributed by atoms with Crippen molar-refractivity contribution < 1.29 is 9.53 Å². The topological polar surface area (TPSA) is 79.7 Å². The van der Waals surface area contributed by atoms with E-state index in [2.05, 4.69) is 4.98 Å². The van der Waals surface area contributed by atoms with Crippen molar-refractivity contribution in [2.45, 2.75) is 33.7 Å². The molecule has 4 aromatic rings. The minimum Gasteiger partial charge on any atom is -0.496 e. The zero-order valence-electron chi connectivity index (χ0n) is 21.7. The van der Waals surface area contributed by atoms with Crippen LogP contribution in [0.4, 0.5) is 0 Å². The number of nitrogens with zero attached hydrogens (tertiary/aromatic N) is 3. The number of hydrogen-bond donors (Lipinski definition) is 1. The third kappa shape index (κ3) is 4.11. The van der Waals surface area contributed by atoms with Gasteiger partial charge >= 0.3 is 0 Å². The van der Waals surface area contributed by atoms with E-state index in [0.29, 0.717) is 39.4 Å². The Balaban J connectivity index is 1.79. The number of ether oxygens (including phenoxy) is 1. The number of rotatable bonds is 6. The van der Waals surface area contributed by atoms with Crippen LogP contribution in [0, 0.1) is 6.92 Å². The van der Waals surface area contributed by atoms with Crippen LogP contribution in [-0.2, 0) is 4.79 Å². The quantitative estimate of drug-likeness (QED) is 0.424. The fourth-order valence-electron chi connectivity index (χ4n) is 5.08. The summed E-state index contributed by atoms with van der Waals surface area (Å²) in [6.45, 7) is 8.89. The van der Waals surface area contributed by atoms with Gasteiger partial charge in [-0.15, -0.1) is 0 Å². The minimum atomic E-state index is -0.647. The smallest absolute Gasteiger partial charge is 0.271 e. The van der Waals surface area contributed by atoms with Crippen LogP contribution >= 0.6 is 11.3 Å². The number of carbonyl (C=O) groups excluding carboxylic acids is 1. The lowest BCUT2D eigenvalue weighted by atomic mass is 9.94. The summed E-state index contributed by atoms with van der Waals surface area (Å²) in [5, 5.41) is 1.06. The molecule has 1 aliphatic rings. The number of fused-ring (bicyclic) bond motifs is 2. The zero-order chi connectivity index (χ0) is 26.3. The van der Waals surface area contributed by atoms with Gasteiger partial charge in [-0.1, -0.05) is 47.7 Å². The molecule has 8 heteroatoms. The van der Waals surface area contributed by atoms with Crippen molar-refractivity contribution in [1.29, 1.82) is 0 Å². The Morgan fingerprint density at radius 1 is 1.14 bits per heavy atom. The largest absolute Gasteiger partial charge is 0.496 e. The van der Waals surface area contributed by atoms with E-state index in [9.17, 15) is 9.59 Å². The number of benzene rings is 2. The van der Waals surface area contributed by atoms with Crippen LogP contribution in [0.2, 0.25) is 0 Å². The Hall–Kier alpha value is -3.91. The molecule has 2 aromatic carbocycles. The van der Waals surface area contributed by atoms with E-state index in [1.165, 1.54) is 11.3 Å². The Kier molecular flexibility index (Phi) is 6.60. The fourth-order valence-corrected chi connectivity index (χ4v) is 6.11. The summed E-state index contributed by atoms with van der Waals surface area (Å²) < 4.78 is 7.90. The molecule has 1 atom stereocenters. The highest BCUT2D eigenvalue weighted by molar-refractivity contribution is 7.07. The molecule has 0 fully saturated rings. The summed E-state index contributed by atoms with van der Waals surface area (Å²) in [7, 11) is 1.60.